The highest BCUT2D eigenvalue weighted by atomic mass is 35.5. The van der Waals surface area contributed by atoms with Gasteiger partial charge < -0.3 is 14.5 Å². The third-order valence-electron chi connectivity index (χ3n) is 4.87. The molecule has 1 aliphatic rings. The molecule has 0 fully saturated rings. The van der Waals surface area contributed by atoms with Gasteiger partial charge >= 0.3 is 0 Å². The van der Waals surface area contributed by atoms with Crippen LogP contribution in [-0.4, -0.2) is 36.3 Å². The molecule has 0 spiro atoms. The number of H-pyrrole nitrogens is 1. The highest BCUT2D eigenvalue weighted by molar-refractivity contribution is 5.90. The van der Waals surface area contributed by atoms with Crippen molar-refractivity contribution in [2.75, 3.05) is 14.2 Å². The highest BCUT2D eigenvalue weighted by Gasteiger charge is 2.31. The summed E-state index contributed by atoms with van der Waals surface area (Å²) >= 11 is 0. The third kappa shape index (κ3) is 3.41. The fraction of sp³-hybridized carbons (Fsp3) is 0.250. The Hall–Kier alpha value is -3.06. The molecule has 146 valence electrons. The van der Waals surface area contributed by atoms with E-state index in [2.05, 4.69) is 20.5 Å². The number of nitrogens with zero attached hydrogens (tertiary/aromatic N) is 2. The molecular weight excluding hydrogens is 380 g/mol. The standard InChI is InChI=1S/C20H20N4O3.ClH/c1-20(10-18(25)24-21-11-20)12-4-7-15-16(8-12)23-19(22-15)14-6-5-13(26-2)9-17(14)27-3;/h4-9,11H,10H2,1-3H3,(H,22,23)(H,24,25);1H. The second-order valence-electron chi connectivity index (χ2n) is 6.77. The van der Waals surface area contributed by atoms with Crippen LogP contribution >= 0.6 is 12.4 Å². The molecule has 0 saturated heterocycles. The van der Waals surface area contributed by atoms with E-state index in [1.54, 1.807) is 20.4 Å². The lowest BCUT2D eigenvalue weighted by Gasteiger charge is -2.27. The van der Waals surface area contributed by atoms with Gasteiger partial charge in [0.25, 0.3) is 0 Å². The fourth-order valence-corrected chi connectivity index (χ4v) is 3.33. The van der Waals surface area contributed by atoms with Gasteiger partial charge in [-0.25, -0.2) is 10.4 Å². The van der Waals surface area contributed by atoms with Gasteiger partial charge in [0, 0.05) is 24.1 Å². The normalized spacial score (nSPS) is 18.5. The third-order valence-corrected chi connectivity index (χ3v) is 4.87. The van der Waals surface area contributed by atoms with Gasteiger partial charge in [0.2, 0.25) is 5.91 Å². The van der Waals surface area contributed by atoms with E-state index in [1.165, 1.54) is 0 Å². The summed E-state index contributed by atoms with van der Waals surface area (Å²) in [6.45, 7) is 2.00. The number of ether oxygens (including phenoxy) is 2. The molecule has 0 saturated carbocycles. The Morgan fingerprint density at radius 1 is 1.11 bits per heavy atom. The number of carbonyl (C=O) groups excluding carboxylic acids is 1. The van der Waals surface area contributed by atoms with Crippen molar-refractivity contribution in [3.05, 3.63) is 42.0 Å². The van der Waals surface area contributed by atoms with Crippen LogP contribution in [0.5, 0.6) is 11.5 Å². The molecule has 0 radical (unpaired) electrons. The molecular formula is C20H21ClN4O3. The maximum atomic E-state index is 11.8. The number of hydrogen-bond acceptors (Lipinski definition) is 5. The predicted molar refractivity (Wildman–Crippen MR) is 110 cm³/mol. The zero-order chi connectivity index (χ0) is 19.0. The number of benzene rings is 2. The van der Waals surface area contributed by atoms with Crippen LogP contribution in [0.15, 0.2) is 41.5 Å². The number of amides is 1. The first kappa shape index (κ1) is 19.7. The number of carbonyl (C=O) groups is 1. The number of nitrogens with one attached hydrogen (secondary N) is 2. The van der Waals surface area contributed by atoms with Crippen molar-refractivity contribution in [2.24, 2.45) is 5.10 Å². The average molecular weight is 401 g/mol. The Balaban J connectivity index is 0.00000225. The number of halogens is 1. The smallest absolute Gasteiger partial charge is 0.241 e. The van der Waals surface area contributed by atoms with E-state index < -0.39 is 5.41 Å². The van der Waals surface area contributed by atoms with Crippen LogP contribution in [-0.2, 0) is 10.2 Å². The minimum atomic E-state index is -0.445. The van der Waals surface area contributed by atoms with Crippen LogP contribution in [0.2, 0.25) is 0 Å². The average Bonchev–Trinajstić information content (AvgIpc) is 3.10. The molecule has 2 N–H and O–H groups in total. The fourth-order valence-electron chi connectivity index (χ4n) is 3.33. The molecule has 1 atom stereocenters. The highest BCUT2D eigenvalue weighted by Crippen LogP contribution is 2.34. The number of aromatic amines is 1. The van der Waals surface area contributed by atoms with Crippen LogP contribution in [0.3, 0.4) is 0 Å². The second-order valence-corrected chi connectivity index (χ2v) is 6.77. The van der Waals surface area contributed by atoms with Crippen molar-refractivity contribution in [3.63, 3.8) is 0 Å². The topological polar surface area (TPSA) is 88.6 Å². The van der Waals surface area contributed by atoms with E-state index >= 15 is 0 Å². The minimum absolute atomic E-state index is 0. The van der Waals surface area contributed by atoms with Gasteiger partial charge in [0.05, 0.1) is 30.8 Å². The monoisotopic (exact) mass is 400 g/mol. The van der Waals surface area contributed by atoms with Gasteiger partial charge in [-0.2, -0.15) is 5.10 Å². The zero-order valence-electron chi connectivity index (χ0n) is 15.8. The first-order valence-corrected chi connectivity index (χ1v) is 8.58. The number of hydrazone groups is 1. The van der Waals surface area contributed by atoms with Crippen LogP contribution in [0.1, 0.15) is 18.9 Å². The lowest BCUT2D eigenvalue weighted by Crippen LogP contribution is -2.37. The Morgan fingerprint density at radius 3 is 2.64 bits per heavy atom. The first-order chi connectivity index (χ1) is 13.0. The molecule has 2 heterocycles. The summed E-state index contributed by atoms with van der Waals surface area (Å²) in [7, 11) is 3.24. The van der Waals surface area contributed by atoms with Gasteiger partial charge in [0.1, 0.15) is 17.3 Å². The quantitative estimate of drug-likeness (QED) is 0.702. The van der Waals surface area contributed by atoms with Crippen LogP contribution in [0, 0.1) is 0 Å². The van der Waals surface area contributed by atoms with E-state index in [0.717, 1.165) is 27.9 Å². The maximum absolute atomic E-state index is 11.8. The van der Waals surface area contributed by atoms with E-state index in [0.29, 0.717) is 18.0 Å². The summed E-state index contributed by atoms with van der Waals surface area (Å²) in [4.78, 5) is 19.8. The summed E-state index contributed by atoms with van der Waals surface area (Å²) in [6, 6.07) is 11.6. The van der Waals surface area contributed by atoms with Crippen molar-refractivity contribution < 1.29 is 14.3 Å². The molecule has 0 aliphatic carbocycles. The predicted octanol–water partition coefficient (Wildman–Crippen LogP) is 3.43. The largest absolute Gasteiger partial charge is 0.497 e. The van der Waals surface area contributed by atoms with Crippen LogP contribution in [0.25, 0.3) is 22.4 Å². The van der Waals surface area contributed by atoms with Crippen molar-refractivity contribution in [1.82, 2.24) is 15.4 Å². The van der Waals surface area contributed by atoms with Crippen molar-refractivity contribution >= 4 is 35.6 Å². The lowest BCUT2D eigenvalue weighted by molar-refractivity contribution is -0.122. The first-order valence-electron chi connectivity index (χ1n) is 8.58. The summed E-state index contributed by atoms with van der Waals surface area (Å²) in [6.07, 6.45) is 2.13. The molecule has 7 nitrogen and oxygen atoms in total. The molecule has 4 rings (SSSR count). The molecule has 2 aromatic carbocycles. The number of aromatic nitrogens is 2. The SMILES string of the molecule is COc1ccc(-c2nc3ccc(C4(C)C=NNC(=O)C4)cc3[nH]2)c(OC)c1.Cl. The Morgan fingerprint density at radius 2 is 1.93 bits per heavy atom. The number of methoxy groups -OCH3 is 2. The van der Waals surface area contributed by atoms with Crippen LogP contribution in [0.4, 0.5) is 0 Å². The maximum Gasteiger partial charge on any atom is 0.241 e. The number of rotatable bonds is 4. The van der Waals surface area contributed by atoms with E-state index in [1.807, 2.05) is 43.3 Å². The molecule has 1 amide bonds. The molecule has 0 bridgehead atoms. The van der Waals surface area contributed by atoms with Crippen LogP contribution < -0.4 is 14.9 Å². The lowest BCUT2D eigenvalue weighted by atomic mass is 9.79. The Kier molecular flexibility index (Phi) is 5.29. The van der Waals surface area contributed by atoms with Gasteiger partial charge in [-0.05, 0) is 36.8 Å². The number of imidazole rings is 1. The van der Waals surface area contributed by atoms with E-state index in [9.17, 15) is 4.79 Å². The Bertz CT molecular complexity index is 1060. The van der Waals surface area contributed by atoms with Gasteiger partial charge in [0.15, 0.2) is 0 Å². The van der Waals surface area contributed by atoms with E-state index in [-0.39, 0.29) is 18.3 Å². The molecule has 8 heteroatoms. The summed E-state index contributed by atoms with van der Waals surface area (Å²) < 4.78 is 10.7. The number of hydrogen-bond donors (Lipinski definition) is 2. The second kappa shape index (κ2) is 7.52. The van der Waals surface area contributed by atoms with Crippen molar-refractivity contribution in [3.8, 4) is 22.9 Å². The summed E-state index contributed by atoms with van der Waals surface area (Å²) in [5, 5.41) is 3.98. The summed E-state index contributed by atoms with van der Waals surface area (Å²) in [5.41, 5.74) is 5.62. The van der Waals surface area contributed by atoms with Gasteiger partial charge in [-0.15, -0.1) is 12.4 Å². The number of fused-ring (bicyclic) bond motifs is 1. The van der Waals surface area contributed by atoms with E-state index in [4.69, 9.17) is 9.47 Å². The minimum Gasteiger partial charge on any atom is -0.497 e. The van der Waals surface area contributed by atoms with Crippen molar-refractivity contribution in [1.29, 1.82) is 0 Å². The molecule has 1 unspecified atom stereocenters. The molecule has 1 aliphatic heterocycles. The molecule has 28 heavy (non-hydrogen) atoms. The van der Waals surface area contributed by atoms with Gasteiger partial charge in [-0.1, -0.05) is 6.07 Å². The molecule has 1 aromatic heterocycles. The van der Waals surface area contributed by atoms with Crippen molar-refractivity contribution in [2.45, 2.75) is 18.8 Å². The zero-order valence-corrected chi connectivity index (χ0v) is 16.6. The summed E-state index contributed by atoms with van der Waals surface area (Å²) in [5.74, 6) is 2.02. The van der Waals surface area contributed by atoms with Gasteiger partial charge in [-0.3, -0.25) is 4.79 Å². The molecule has 3 aromatic rings. The Labute approximate surface area is 168 Å².